The van der Waals surface area contributed by atoms with Crippen LogP contribution in [0.3, 0.4) is 0 Å². The lowest BCUT2D eigenvalue weighted by Crippen LogP contribution is -2.45. The lowest BCUT2D eigenvalue weighted by atomic mass is 9.84. The number of piperidine rings is 1. The van der Waals surface area contributed by atoms with Crippen LogP contribution in [0.5, 0.6) is 0 Å². The van der Waals surface area contributed by atoms with E-state index in [1.807, 2.05) is 12.3 Å². The number of aliphatic carboxylic acids is 2. The molecule has 2 saturated heterocycles. The fourth-order valence-electron chi connectivity index (χ4n) is 3.82. The molecule has 3 atom stereocenters. The first kappa shape index (κ1) is 31.5. The monoisotopic (exact) mass is 570 g/mol. The van der Waals surface area contributed by atoms with E-state index >= 15 is 0 Å². The Kier molecular flexibility index (Phi) is 11.2. The summed E-state index contributed by atoms with van der Waals surface area (Å²) >= 11 is 0. The van der Waals surface area contributed by atoms with E-state index in [4.69, 9.17) is 29.1 Å². The lowest BCUT2D eigenvalue weighted by Gasteiger charge is -2.36. The number of nitrogens with one attached hydrogen (secondary N) is 1. The number of hydrogen-bond donors (Lipinski definition) is 3. The Morgan fingerprint density at radius 2 is 1.69 bits per heavy atom. The Morgan fingerprint density at radius 3 is 2.21 bits per heavy atom. The van der Waals surface area contributed by atoms with Crippen LogP contribution in [-0.2, 0) is 20.9 Å². The molecule has 4 heterocycles. The van der Waals surface area contributed by atoms with Crippen molar-refractivity contribution in [3.05, 3.63) is 48.1 Å². The number of amides is 1. The molecule has 2 aromatic heterocycles. The molecule has 0 radical (unpaired) electrons. The molecular formula is C22H24F6N4O7. The standard InChI is InChI=1S/C18H22N4O3.2C2HF3O2/c23-18(16-3-6-21-25-16)20-9-17-15-11-22(7-4-14(15)12-24-17)10-13-2-1-5-19-8-13;2*3-2(4,5)1(6)7/h1-3,5-6,8,14-15,17H,4,7,9-12H2,(H,20,23);2*(H,6,7)/t14-,15-,17+;;/m0../s1. The lowest BCUT2D eigenvalue weighted by molar-refractivity contribution is -0.193. The highest BCUT2D eigenvalue weighted by Crippen LogP contribution is 2.34. The number of carbonyl (C=O) groups excluding carboxylic acids is 1. The van der Waals surface area contributed by atoms with Crippen LogP contribution in [0.2, 0.25) is 0 Å². The molecule has 3 N–H and O–H groups in total. The van der Waals surface area contributed by atoms with Gasteiger partial charge < -0.3 is 24.8 Å². The highest BCUT2D eigenvalue weighted by Gasteiger charge is 2.41. The van der Waals surface area contributed by atoms with Gasteiger partial charge in [-0.2, -0.15) is 26.3 Å². The van der Waals surface area contributed by atoms with Gasteiger partial charge in [-0.25, -0.2) is 9.59 Å². The van der Waals surface area contributed by atoms with Gasteiger partial charge in [-0.1, -0.05) is 11.2 Å². The Morgan fingerprint density at radius 1 is 1.05 bits per heavy atom. The third-order valence-corrected chi connectivity index (χ3v) is 5.63. The molecule has 0 saturated carbocycles. The molecule has 0 aliphatic carbocycles. The first-order chi connectivity index (χ1) is 18.2. The van der Waals surface area contributed by atoms with Crippen molar-refractivity contribution in [2.24, 2.45) is 11.8 Å². The molecule has 1 amide bonds. The largest absolute Gasteiger partial charge is 0.490 e. The van der Waals surface area contributed by atoms with Gasteiger partial charge in [-0.3, -0.25) is 14.7 Å². The van der Waals surface area contributed by atoms with Gasteiger partial charge in [0.1, 0.15) is 0 Å². The Hall–Kier alpha value is -3.73. The van der Waals surface area contributed by atoms with E-state index in [9.17, 15) is 31.1 Å². The number of rotatable bonds is 5. The van der Waals surface area contributed by atoms with Crippen LogP contribution in [0, 0.1) is 11.8 Å². The molecule has 2 fully saturated rings. The smallest absolute Gasteiger partial charge is 0.475 e. The molecule has 0 spiro atoms. The number of carboxylic acid groups (broad SMARTS) is 2. The second kappa shape index (κ2) is 13.9. The average molecular weight is 570 g/mol. The van der Waals surface area contributed by atoms with E-state index in [0.29, 0.717) is 18.4 Å². The van der Waals surface area contributed by atoms with E-state index in [-0.39, 0.29) is 17.8 Å². The average Bonchev–Trinajstić information content (AvgIpc) is 3.53. The summed E-state index contributed by atoms with van der Waals surface area (Å²) in [6.45, 7) is 4.27. The minimum atomic E-state index is -5.08. The minimum absolute atomic E-state index is 0.0496. The van der Waals surface area contributed by atoms with Crippen molar-refractivity contribution in [2.45, 2.75) is 31.4 Å². The topological polar surface area (TPSA) is 155 Å². The molecule has 216 valence electrons. The van der Waals surface area contributed by atoms with E-state index in [1.54, 1.807) is 12.3 Å². The Bertz CT molecular complexity index is 1040. The summed E-state index contributed by atoms with van der Waals surface area (Å²) in [4.78, 5) is 36.5. The second-order valence-corrected chi connectivity index (χ2v) is 8.37. The maximum atomic E-state index is 12.0. The molecule has 2 aliphatic rings. The summed E-state index contributed by atoms with van der Waals surface area (Å²) in [6.07, 6.45) is -3.79. The van der Waals surface area contributed by atoms with Crippen molar-refractivity contribution in [1.82, 2.24) is 20.4 Å². The quantitative estimate of drug-likeness (QED) is 0.457. The summed E-state index contributed by atoms with van der Waals surface area (Å²) in [5.74, 6) is -4.50. The molecule has 0 bridgehead atoms. The number of pyridine rings is 1. The third kappa shape index (κ3) is 10.5. The van der Waals surface area contributed by atoms with Gasteiger partial charge in [0.2, 0.25) is 5.76 Å². The number of nitrogens with zero attached hydrogens (tertiary/aromatic N) is 3. The predicted octanol–water partition coefficient (Wildman–Crippen LogP) is 2.60. The number of carboxylic acids is 2. The molecule has 4 rings (SSSR count). The van der Waals surface area contributed by atoms with Gasteiger partial charge in [-0.15, -0.1) is 0 Å². The van der Waals surface area contributed by atoms with Crippen LogP contribution in [0.25, 0.3) is 0 Å². The van der Waals surface area contributed by atoms with E-state index in [1.165, 1.54) is 11.8 Å². The van der Waals surface area contributed by atoms with Crippen molar-refractivity contribution in [3.63, 3.8) is 0 Å². The SMILES string of the molecule is O=C(NC[C@H]1OC[C@@H]2CCN(Cc3cccnc3)C[C@@H]21)c1ccno1.O=C(O)C(F)(F)F.O=C(O)C(F)(F)F. The molecule has 0 aromatic carbocycles. The maximum Gasteiger partial charge on any atom is 0.490 e. The zero-order chi connectivity index (χ0) is 29.2. The van der Waals surface area contributed by atoms with Crippen molar-refractivity contribution in [2.75, 3.05) is 26.2 Å². The fourth-order valence-corrected chi connectivity index (χ4v) is 3.82. The normalized spacial score (nSPS) is 20.9. The maximum absolute atomic E-state index is 12.0. The summed E-state index contributed by atoms with van der Waals surface area (Å²) in [5, 5.41) is 20.7. The van der Waals surface area contributed by atoms with Crippen molar-refractivity contribution in [1.29, 1.82) is 0 Å². The van der Waals surface area contributed by atoms with Crippen LogP contribution in [0.15, 0.2) is 41.3 Å². The van der Waals surface area contributed by atoms with Crippen LogP contribution in [0.4, 0.5) is 26.3 Å². The van der Waals surface area contributed by atoms with Crippen molar-refractivity contribution in [3.8, 4) is 0 Å². The summed E-state index contributed by atoms with van der Waals surface area (Å²) in [5.41, 5.74) is 1.23. The second-order valence-electron chi connectivity index (χ2n) is 8.37. The van der Waals surface area contributed by atoms with Gasteiger partial charge >= 0.3 is 24.3 Å². The number of fused-ring (bicyclic) bond motifs is 1. The zero-order valence-electron chi connectivity index (χ0n) is 20.0. The van der Waals surface area contributed by atoms with E-state index in [2.05, 4.69) is 26.4 Å². The van der Waals surface area contributed by atoms with Crippen molar-refractivity contribution < 1.29 is 60.2 Å². The zero-order valence-corrected chi connectivity index (χ0v) is 20.0. The first-order valence-electron chi connectivity index (χ1n) is 11.2. The summed E-state index contributed by atoms with van der Waals surface area (Å²) < 4.78 is 74.3. The van der Waals surface area contributed by atoms with Gasteiger partial charge in [0, 0.05) is 44.0 Å². The van der Waals surface area contributed by atoms with Crippen LogP contribution in [0.1, 0.15) is 22.5 Å². The highest BCUT2D eigenvalue weighted by molar-refractivity contribution is 5.91. The number of hydrogen-bond acceptors (Lipinski definition) is 8. The summed E-state index contributed by atoms with van der Waals surface area (Å²) in [7, 11) is 0. The molecule has 39 heavy (non-hydrogen) atoms. The van der Waals surface area contributed by atoms with Crippen molar-refractivity contribution >= 4 is 17.8 Å². The number of aromatic nitrogens is 2. The van der Waals surface area contributed by atoms with Gasteiger partial charge in [-0.05, 0) is 30.5 Å². The van der Waals surface area contributed by atoms with E-state index < -0.39 is 24.3 Å². The summed E-state index contributed by atoms with van der Waals surface area (Å²) in [6, 6.07) is 5.64. The Balaban J connectivity index is 0.000000317. The van der Waals surface area contributed by atoms with Gasteiger partial charge in [0.05, 0.1) is 18.9 Å². The number of alkyl halides is 6. The number of ether oxygens (including phenoxy) is 1. The van der Waals surface area contributed by atoms with Crippen LogP contribution >= 0.6 is 0 Å². The molecular weight excluding hydrogens is 546 g/mol. The van der Waals surface area contributed by atoms with E-state index in [0.717, 1.165) is 32.7 Å². The molecule has 2 aromatic rings. The number of carbonyl (C=O) groups is 3. The van der Waals surface area contributed by atoms with Gasteiger partial charge in [0.25, 0.3) is 5.91 Å². The molecule has 17 heteroatoms. The molecule has 11 nitrogen and oxygen atoms in total. The van der Waals surface area contributed by atoms with Gasteiger partial charge in [0.15, 0.2) is 0 Å². The third-order valence-electron chi connectivity index (χ3n) is 5.63. The van der Waals surface area contributed by atoms with Crippen LogP contribution < -0.4 is 5.32 Å². The minimum Gasteiger partial charge on any atom is -0.475 e. The number of halogens is 6. The first-order valence-corrected chi connectivity index (χ1v) is 11.2. The van der Waals surface area contributed by atoms with Crippen LogP contribution in [-0.4, -0.2) is 87.8 Å². The molecule has 0 unspecified atom stereocenters. The highest BCUT2D eigenvalue weighted by atomic mass is 19.4. The molecule has 2 aliphatic heterocycles. The number of likely N-dealkylation sites (tertiary alicyclic amines) is 1. The predicted molar refractivity (Wildman–Crippen MR) is 117 cm³/mol. The fraction of sp³-hybridized carbons (Fsp3) is 0.500. The Labute approximate surface area is 216 Å².